The highest BCUT2D eigenvalue weighted by Crippen LogP contribution is 2.30. The number of methoxy groups -OCH3 is 1. The third-order valence-corrected chi connectivity index (χ3v) is 7.56. The normalized spacial score (nSPS) is 17.1. The molecular formula is C38H58O3. The molecule has 41 heavy (non-hydrogen) atoms. The van der Waals surface area contributed by atoms with Crippen molar-refractivity contribution in [2.75, 3.05) is 7.11 Å². The van der Waals surface area contributed by atoms with Gasteiger partial charge in [-0.05, 0) is 138 Å². The average Bonchev–Trinajstić information content (AvgIpc) is 2.90. The van der Waals surface area contributed by atoms with Crippen LogP contribution in [0.2, 0.25) is 0 Å². The van der Waals surface area contributed by atoms with E-state index in [9.17, 15) is 9.90 Å². The van der Waals surface area contributed by atoms with Crippen LogP contribution in [0.3, 0.4) is 0 Å². The van der Waals surface area contributed by atoms with Gasteiger partial charge in [0.25, 0.3) is 0 Å². The summed E-state index contributed by atoms with van der Waals surface area (Å²) in [5.74, 6) is 0.132. The van der Waals surface area contributed by atoms with Gasteiger partial charge in [-0.3, -0.25) is 4.79 Å². The molecule has 3 nitrogen and oxygen atoms in total. The molecule has 0 aromatic rings. The molecule has 0 amide bonds. The minimum Gasteiger partial charge on any atom is -0.493 e. The fraction of sp³-hybridized carbons (Fsp3) is 0.553. The maximum atomic E-state index is 12.8. The fourth-order valence-electron chi connectivity index (χ4n) is 4.86. The van der Waals surface area contributed by atoms with Gasteiger partial charge < -0.3 is 9.84 Å². The summed E-state index contributed by atoms with van der Waals surface area (Å²) in [4.78, 5) is 12.8. The Labute approximate surface area is 252 Å². The lowest BCUT2D eigenvalue weighted by atomic mass is 9.88. The van der Waals surface area contributed by atoms with Gasteiger partial charge in [0.1, 0.15) is 6.10 Å². The average molecular weight is 563 g/mol. The van der Waals surface area contributed by atoms with Gasteiger partial charge >= 0.3 is 0 Å². The molecule has 0 heterocycles. The van der Waals surface area contributed by atoms with E-state index in [1.165, 1.54) is 47.0 Å². The number of carbonyl (C=O) groups is 1. The Morgan fingerprint density at radius 1 is 0.683 bits per heavy atom. The van der Waals surface area contributed by atoms with E-state index in [4.69, 9.17) is 4.74 Å². The lowest BCUT2D eigenvalue weighted by molar-refractivity contribution is -0.114. The van der Waals surface area contributed by atoms with Crippen molar-refractivity contribution in [2.24, 2.45) is 0 Å². The molecule has 1 rings (SSSR count). The monoisotopic (exact) mass is 562 g/mol. The Bertz CT molecular complexity index is 1090. The van der Waals surface area contributed by atoms with Crippen LogP contribution in [0.5, 0.6) is 0 Å². The van der Waals surface area contributed by atoms with Gasteiger partial charge in [0.05, 0.1) is 7.11 Å². The Hall–Kier alpha value is -2.65. The quantitative estimate of drug-likeness (QED) is 0.133. The smallest absolute Gasteiger partial charge is 0.220 e. The summed E-state index contributed by atoms with van der Waals surface area (Å²) in [5.41, 5.74) is 9.58. The minimum atomic E-state index is -0.795. The molecule has 0 aromatic carbocycles. The first kappa shape index (κ1) is 36.4. The highest BCUT2D eigenvalue weighted by Gasteiger charge is 2.28. The topological polar surface area (TPSA) is 46.5 Å². The third kappa shape index (κ3) is 15.8. The van der Waals surface area contributed by atoms with Crippen molar-refractivity contribution in [1.29, 1.82) is 0 Å². The standard InChI is InChI=1S/C38H58O3/c1-28(2)15-10-11-17-30(5)19-13-21-32(7)23-25-34-27-36(39)38(41-9)35(37(34)40)26-24-33(8)22-14-20-31(6)18-12-16-29(3)4/h15-16,19-20,23-24,27,37,40H,10-14,17-18,21-22,25-26H2,1-9H3/b30-19+,31-20+,32-23+,33-24+. The molecule has 0 saturated carbocycles. The molecule has 3 heteroatoms. The molecule has 1 unspecified atom stereocenters. The first-order valence-corrected chi connectivity index (χ1v) is 15.5. The van der Waals surface area contributed by atoms with Gasteiger partial charge in [-0.25, -0.2) is 0 Å². The Morgan fingerprint density at radius 2 is 1.15 bits per heavy atom. The molecule has 0 radical (unpaired) electrons. The maximum absolute atomic E-state index is 12.8. The van der Waals surface area contributed by atoms with E-state index in [2.05, 4.69) is 91.8 Å². The van der Waals surface area contributed by atoms with Crippen LogP contribution in [-0.2, 0) is 9.53 Å². The highest BCUT2D eigenvalue weighted by molar-refractivity contribution is 6.05. The number of ketones is 1. The van der Waals surface area contributed by atoms with Gasteiger partial charge in [-0.15, -0.1) is 0 Å². The SMILES string of the molecule is COC1=C(C/C=C(\C)CC/C=C(\C)CCC=C(C)C)C(O)C(C/C=C(\C)CC/C=C(\C)CCCC=C(C)C)=CC1=O. The molecule has 1 aliphatic carbocycles. The molecule has 0 bridgehead atoms. The number of ether oxygens (including phenoxy) is 1. The summed E-state index contributed by atoms with van der Waals surface area (Å²) in [7, 11) is 1.51. The van der Waals surface area contributed by atoms with Crippen LogP contribution in [-0.4, -0.2) is 24.1 Å². The van der Waals surface area contributed by atoms with Gasteiger partial charge in [0.15, 0.2) is 5.76 Å². The van der Waals surface area contributed by atoms with Crippen LogP contribution in [0.1, 0.15) is 126 Å². The largest absolute Gasteiger partial charge is 0.493 e. The lowest BCUT2D eigenvalue weighted by Crippen LogP contribution is -2.24. The maximum Gasteiger partial charge on any atom is 0.220 e. The minimum absolute atomic E-state index is 0.151. The van der Waals surface area contributed by atoms with Gasteiger partial charge in [0, 0.05) is 5.57 Å². The van der Waals surface area contributed by atoms with Crippen LogP contribution < -0.4 is 0 Å². The van der Waals surface area contributed by atoms with Gasteiger partial charge in [-0.1, -0.05) is 69.9 Å². The van der Waals surface area contributed by atoms with Crippen molar-refractivity contribution in [2.45, 2.75) is 132 Å². The summed E-state index contributed by atoms with van der Waals surface area (Å²) in [6.45, 7) is 17.3. The van der Waals surface area contributed by atoms with Crippen molar-refractivity contribution in [3.8, 4) is 0 Å². The number of allylic oxidation sites excluding steroid dienone is 13. The second-order valence-electron chi connectivity index (χ2n) is 12.2. The number of rotatable bonds is 18. The molecule has 1 atom stereocenters. The first-order valence-electron chi connectivity index (χ1n) is 15.5. The first-order chi connectivity index (χ1) is 19.4. The number of hydrogen-bond donors (Lipinski definition) is 1. The molecule has 0 fully saturated rings. The van der Waals surface area contributed by atoms with E-state index in [1.807, 2.05) is 0 Å². The van der Waals surface area contributed by atoms with Crippen LogP contribution in [0.25, 0.3) is 0 Å². The van der Waals surface area contributed by atoms with E-state index in [1.54, 1.807) is 6.08 Å². The zero-order valence-corrected chi connectivity index (χ0v) is 27.7. The van der Waals surface area contributed by atoms with Crippen LogP contribution >= 0.6 is 0 Å². The van der Waals surface area contributed by atoms with Crippen molar-refractivity contribution >= 4 is 5.78 Å². The van der Waals surface area contributed by atoms with Crippen LogP contribution in [0.15, 0.2) is 92.9 Å². The molecule has 0 spiro atoms. The highest BCUT2D eigenvalue weighted by atomic mass is 16.5. The Morgan fingerprint density at radius 3 is 1.68 bits per heavy atom. The summed E-state index contributed by atoms with van der Waals surface area (Å²) >= 11 is 0. The lowest BCUT2D eigenvalue weighted by Gasteiger charge is -2.24. The molecule has 0 aromatic heterocycles. The number of carbonyl (C=O) groups excluding carboxylic acids is 1. The van der Waals surface area contributed by atoms with Crippen molar-refractivity contribution in [3.63, 3.8) is 0 Å². The van der Waals surface area contributed by atoms with Gasteiger partial charge in [0.2, 0.25) is 5.78 Å². The third-order valence-electron chi connectivity index (χ3n) is 7.56. The second kappa shape index (κ2) is 20.3. The summed E-state index contributed by atoms with van der Waals surface area (Å²) < 4.78 is 5.44. The summed E-state index contributed by atoms with van der Waals surface area (Å²) in [6, 6.07) is 0. The zero-order chi connectivity index (χ0) is 30.8. The van der Waals surface area contributed by atoms with Crippen molar-refractivity contribution in [1.82, 2.24) is 0 Å². The predicted molar refractivity (Wildman–Crippen MR) is 178 cm³/mol. The summed E-state index contributed by atoms with van der Waals surface area (Å²) in [6.07, 6.45) is 25.1. The molecule has 0 saturated heterocycles. The number of unbranched alkanes of at least 4 members (excludes halogenated alkanes) is 1. The Balaban J connectivity index is 2.69. The van der Waals surface area contributed by atoms with E-state index in [-0.39, 0.29) is 11.5 Å². The van der Waals surface area contributed by atoms with E-state index >= 15 is 0 Å². The van der Waals surface area contributed by atoms with Crippen LogP contribution in [0, 0.1) is 0 Å². The van der Waals surface area contributed by atoms with E-state index < -0.39 is 6.10 Å². The second-order valence-corrected chi connectivity index (χ2v) is 12.2. The number of aliphatic hydroxyl groups excluding tert-OH is 1. The molecule has 0 aliphatic heterocycles. The number of hydrogen-bond acceptors (Lipinski definition) is 3. The van der Waals surface area contributed by atoms with Crippen molar-refractivity contribution in [3.05, 3.63) is 92.9 Å². The molecule has 228 valence electrons. The van der Waals surface area contributed by atoms with E-state index in [0.29, 0.717) is 18.4 Å². The van der Waals surface area contributed by atoms with Gasteiger partial charge in [-0.2, -0.15) is 0 Å². The zero-order valence-electron chi connectivity index (χ0n) is 27.7. The van der Waals surface area contributed by atoms with Crippen molar-refractivity contribution < 1.29 is 14.6 Å². The Kier molecular flexibility index (Phi) is 18.0. The molecule has 1 aliphatic rings. The number of aliphatic hydroxyl groups is 1. The fourth-order valence-corrected chi connectivity index (χ4v) is 4.86. The van der Waals surface area contributed by atoms with Crippen LogP contribution in [0.4, 0.5) is 0 Å². The predicted octanol–water partition coefficient (Wildman–Crippen LogP) is 10.8. The molecular weight excluding hydrogens is 504 g/mol. The van der Waals surface area contributed by atoms with E-state index in [0.717, 1.165) is 56.9 Å². The summed E-state index contributed by atoms with van der Waals surface area (Å²) in [5, 5.41) is 11.2. The molecule has 1 N–H and O–H groups in total.